The van der Waals surface area contributed by atoms with Crippen molar-refractivity contribution in [2.75, 3.05) is 26.6 Å². The molecule has 0 aliphatic carbocycles. The van der Waals surface area contributed by atoms with Crippen LogP contribution in [0.2, 0.25) is 0 Å². The van der Waals surface area contributed by atoms with Crippen molar-refractivity contribution in [3.05, 3.63) is 65.2 Å². The van der Waals surface area contributed by atoms with Crippen LogP contribution in [0.25, 0.3) is 0 Å². The number of hydrogen-bond donors (Lipinski definition) is 1. The molecule has 27 heavy (non-hydrogen) atoms. The van der Waals surface area contributed by atoms with E-state index in [0.29, 0.717) is 24.6 Å². The zero-order chi connectivity index (χ0) is 19.6. The highest BCUT2D eigenvalue weighted by molar-refractivity contribution is 6.45. The van der Waals surface area contributed by atoms with Gasteiger partial charge in [0.2, 0.25) is 0 Å². The van der Waals surface area contributed by atoms with E-state index in [1.54, 1.807) is 12.1 Å². The average Bonchev–Trinajstić information content (AvgIpc) is 2.66. The highest BCUT2D eigenvalue weighted by Gasteiger charge is 2.20. The number of oxime groups is 1. The van der Waals surface area contributed by atoms with Gasteiger partial charge in [-0.15, -0.1) is 11.6 Å². The number of amides is 1. The summed E-state index contributed by atoms with van der Waals surface area (Å²) in [5.41, 5.74) is 5.41. The number of halogens is 1. The quantitative estimate of drug-likeness (QED) is 0.406. The van der Waals surface area contributed by atoms with E-state index in [0.717, 1.165) is 16.9 Å². The number of ether oxygens (including phenoxy) is 1. The molecular formula is C20H24ClN3O3. The number of aryl methyl sites for hydroxylation is 1. The van der Waals surface area contributed by atoms with Crippen LogP contribution in [0.15, 0.2) is 53.7 Å². The van der Waals surface area contributed by atoms with Crippen LogP contribution in [0.5, 0.6) is 5.75 Å². The zero-order valence-corrected chi connectivity index (χ0v) is 16.5. The van der Waals surface area contributed by atoms with E-state index in [-0.39, 0.29) is 11.6 Å². The maximum absolute atomic E-state index is 12.7. The molecule has 0 unspecified atom stereocenters. The van der Waals surface area contributed by atoms with Gasteiger partial charge in [0.05, 0.1) is 0 Å². The summed E-state index contributed by atoms with van der Waals surface area (Å²) >= 11 is 5.71. The first kappa shape index (κ1) is 20.7. The maximum Gasteiger partial charge on any atom is 0.288 e. The van der Waals surface area contributed by atoms with Crippen molar-refractivity contribution in [3.63, 3.8) is 0 Å². The number of carbonyl (C=O) groups is 1. The van der Waals surface area contributed by atoms with Gasteiger partial charge in [0.1, 0.15) is 19.5 Å². The summed E-state index contributed by atoms with van der Waals surface area (Å²) in [5.74, 6) is 0.811. The van der Waals surface area contributed by atoms with Crippen molar-refractivity contribution in [2.45, 2.75) is 13.5 Å². The molecule has 0 aliphatic heterocycles. The third kappa shape index (κ3) is 5.98. The molecule has 0 bridgehead atoms. The second-order valence-electron chi connectivity index (χ2n) is 5.89. The fourth-order valence-corrected chi connectivity index (χ4v) is 2.72. The van der Waals surface area contributed by atoms with Gasteiger partial charge in [-0.2, -0.15) is 0 Å². The highest BCUT2D eigenvalue weighted by Crippen LogP contribution is 2.19. The summed E-state index contributed by atoms with van der Waals surface area (Å²) in [7, 11) is 3.14. The summed E-state index contributed by atoms with van der Waals surface area (Å²) in [6.07, 6.45) is 0. The van der Waals surface area contributed by atoms with Crippen LogP contribution in [0, 0.1) is 6.92 Å². The molecule has 6 nitrogen and oxygen atoms in total. The monoisotopic (exact) mass is 389 g/mol. The molecule has 2 aromatic rings. The molecule has 0 saturated carbocycles. The number of carbonyl (C=O) groups excluding carboxylic acids is 1. The topological polar surface area (TPSA) is 63.2 Å². The largest absolute Gasteiger partial charge is 0.489 e. The van der Waals surface area contributed by atoms with Crippen molar-refractivity contribution in [1.82, 2.24) is 10.4 Å². The van der Waals surface area contributed by atoms with Gasteiger partial charge in [-0.05, 0) is 24.1 Å². The number of hydrazine groups is 1. The van der Waals surface area contributed by atoms with Crippen LogP contribution in [0.1, 0.15) is 16.7 Å². The number of benzene rings is 2. The molecule has 0 spiro atoms. The van der Waals surface area contributed by atoms with Crippen LogP contribution in [0.4, 0.5) is 0 Å². The number of nitrogens with zero attached hydrogens (tertiary/aromatic N) is 2. The molecule has 0 aromatic heterocycles. The van der Waals surface area contributed by atoms with E-state index in [1.807, 2.05) is 55.5 Å². The normalized spacial score (nSPS) is 11.4. The van der Waals surface area contributed by atoms with E-state index < -0.39 is 0 Å². The molecule has 7 heteroatoms. The lowest BCUT2D eigenvalue weighted by molar-refractivity contribution is -0.118. The molecule has 2 rings (SSSR count). The third-order valence-electron chi connectivity index (χ3n) is 3.86. The Bertz CT molecular complexity index is 796. The summed E-state index contributed by atoms with van der Waals surface area (Å²) in [5, 5.41) is 5.53. The van der Waals surface area contributed by atoms with E-state index in [1.165, 1.54) is 7.11 Å². The van der Waals surface area contributed by atoms with Crippen molar-refractivity contribution in [1.29, 1.82) is 0 Å². The van der Waals surface area contributed by atoms with Gasteiger partial charge in [0, 0.05) is 25.0 Å². The van der Waals surface area contributed by atoms with Crippen LogP contribution in [-0.4, -0.2) is 43.2 Å². The van der Waals surface area contributed by atoms with Crippen LogP contribution in [0.3, 0.4) is 0 Å². The van der Waals surface area contributed by atoms with Crippen molar-refractivity contribution in [3.8, 4) is 5.75 Å². The smallest absolute Gasteiger partial charge is 0.288 e. The molecule has 0 fully saturated rings. The molecule has 0 heterocycles. The molecular weight excluding hydrogens is 366 g/mol. The van der Waals surface area contributed by atoms with E-state index in [2.05, 4.69) is 10.6 Å². The SMILES string of the molecule is CO/N=C(\C(=O)NN(C)CCCl)c1ccccc1COc1ccccc1C. The maximum atomic E-state index is 12.7. The minimum atomic E-state index is -0.382. The highest BCUT2D eigenvalue weighted by atomic mass is 35.5. The lowest BCUT2D eigenvalue weighted by Gasteiger charge is -2.18. The minimum Gasteiger partial charge on any atom is -0.489 e. The van der Waals surface area contributed by atoms with Crippen molar-refractivity contribution in [2.24, 2.45) is 5.16 Å². The van der Waals surface area contributed by atoms with Crippen LogP contribution >= 0.6 is 11.6 Å². The zero-order valence-electron chi connectivity index (χ0n) is 15.7. The Morgan fingerprint density at radius 2 is 1.89 bits per heavy atom. The standard InChI is InChI=1S/C20H24ClN3O3/c1-15-8-4-7-11-18(15)27-14-16-9-5-6-10-17(16)19(23-26-3)20(25)22-24(2)13-12-21/h4-11H,12-14H2,1-3H3,(H,22,25)/b23-19-. The second kappa shape index (κ2) is 10.5. The van der Waals surface area contributed by atoms with E-state index >= 15 is 0 Å². The Morgan fingerprint density at radius 3 is 2.59 bits per heavy atom. The van der Waals surface area contributed by atoms with Crippen molar-refractivity contribution >= 4 is 23.2 Å². The predicted octanol–water partition coefficient (Wildman–Crippen LogP) is 3.13. The first-order valence-electron chi connectivity index (χ1n) is 8.52. The lowest BCUT2D eigenvalue weighted by Crippen LogP contribution is -2.44. The van der Waals surface area contributed by atoms with Gasteiger partial charge in [-0.3, -0.25) is 10.2 Å². The molecule has 0 radical (unpaired) electrons. The Morgan fingerprint density at radius 1 is 1.19 bits per heavy atom. The van der Waals surface area contributed by atoms with Gasteiger partial charge in [0.15, 0.2) is 5.71 Å². The van der Waals surface area contributed by atoms with Gasteiger partial charge in [-0.1, -0.05) is 47.6 Å². The molecule has 144 valence electrons. The Balaban J connectivity index is 2.23. The molecule has 0 saturated heterocycles. The first-order chi connectivity index (χ1) is 13.1. The van der Waals surface area contributed by atoms with Gasteiger partial charge >= 0.3 is 0 Å². The van der Waals surface area contributed by atoms with E-state index in [4.69, 9.17) is 21.2 Å². The molecule has 1 N–H and O–H groups in total. The molecule has 0 atom stereocenters. The summed E-state index contributed by atoms with van der Waals surface area (Å²) < 4.78 is 5.94. The number of nitrogens with one attached hydrogen (secondary N) is 1. The lowest BCUT2D eigenvalue weighted by atomic mass is 10.0. The Hall–Kier alpha value is -2.57. The number of para-hydroxylation sites is 1. The number of hydrogen-bond acceptors (Lipinski definition) is 5. The Labute approximate surface area is 164 Å². The van der Waals surface area contributed by atoms with E-state index in [9.17, 15) is 4.79 Å². The molecule has 2 aromatic carbocycles. The van der Waals surface area contributed by atoms with Crippen LogP contribution in [-0.2, 0) is 16.2 Å². The minimum absolute atomic E-state index is 0.169. The second-order valence-corrected chi connectivity index (χ2v) is 6.26. The fourth-order valence-electron chi connectivity index (χ4n) is 2.46. The van der Waals surface area contributed by atoms with Gasteiger partial charge in [0.25, 0.3) is 5.91 Å². The molecule has 0 aliphatic rings. The van der Waals surface area contributed by atoms with Crippen molar-refractivity contribution < 1.29 is 14.4 Å². The van der Waals surface area contributed by atoms with Gasteiger partial charge < -0.3 is 9.57 Å². The number of alkyl halides is 1. The summed E-state index contributed by atoms with van der Waals surface area (Å²) in [4.78, 5) is 17.6. The van der Waals surface area contributed by atoms with Crippen LogP contribution < -0.4 is 10.2 Å². The molecule has 1 amide bonds. The predicted molar refractivity (Wildman–Crippen MR) is 107 cm³/mol. The average molecular weight is 390 g/mol. The van der Waals surface area contributed by atoms with Gasteiger partial charge in [-0.25, -0.2) is 5.01 Å². The fraction of sp³-hybridized carbons (Fsp3) is 0.300. The number of rotatable bonds is 9. The summed E-state index contributed by atoms with van der Waals surface area (Å²) in [6, 6.07) is 15.2. The third-order valence-corrected chi connectivity index (χ3v) is 4.03. The first-order valence-corrected chi connectivity index (χ1v) is 9.06. The Kier molecular flexibility index (Phi) is 8.10. The summed E-state index contributed by atoms with van der Waals surface area (Å²) in [6.45, 7) is 2.79.